The lowest BCUT2D eigenvalue weighted by Gasteiger charge is -2.52. The molecule has 1 aliphatic heterocycles. The van der Waals surface area contributed by atoms with Crippen LogP contribution in [0.5, 0.6) is 0 Å². The van der Waals surface area contributed by atoms with Gasteiger partial charge in [0.2, 0.25) is 11.8 Å². The zero-order chi connectivity index (χ0) is 27.7. The van der Waals surface area contributed by atoms with E-state index in [-0.39, 0.29) is 23.5 Å². The number of amides is 3. The highest BCUT2D eigenvalue weighted by atomic mass is 16.3. The van der Waals surface area contributed by atoms with Crippen LogP contribution in [-0.4, -0.2) is 23.9 Å². The normalized spacial score (nSPS) is 24.0. The Morgan fingerprint density at radius 3 is 2.22 bits per heavy atom. The number of rotatable bonds is 4. The second kappa shape index (κ2) is 8.60. The molecule has 3 aliphatic carbocycles. The van der Waals surface area contributed by atoms with Gasteiger partial charge in [-0.05, 0) is 45.8 Å². The van der Waals surface area contributed by atoms with Crippen LogP contribution in [0.2, 0.25) is 0 Å². The van der Waals surface area contributed by atoms with Crippen LogP contribution >= 0.6 is 0 Å². The maximum absolute atomic E-state index is 14.6. The zero-order valence-electron chi connectivity index (χ0n) is 21.7. The van der Waals surface area contributed by atoms with Crippen LogP contribution in [0.1, 0.15) is 38.7 Å². The molecule has 7 nitrogen and oxygen atoms in total. The number of furan rings is 1. The van der Waals surface area contributed by atoms with Crippen LogP contribution in [0.4, 0.5) is 5.69 Å². The van der Waals surface area contributed by atoms with E-state index >= 15 is 0 Å². The van der Waals surface area contributed by atoms with Crippen LogP contribution in [0, 0.1) is 11.8 Å². The van der Waals surface area contributed by atoms with Crippen molar-refractivity contribution in [3.05, 3.63) is 137 Å². The highest BCUT2D eigenvalue weighted by molar-refractivity contribution is 6.27. The van der Waals surface area contributed by atoms with Crippen molar-refractivity contribution in [2.75, 3.05) is 4.90 Å². The van der Waals surface area contributed by atoms with Crippen LogP contribution < -0.4 is 10.3 Å². The predicted molar refractivity (Wildman–Crippen MR) is 154 cm³/mol. The number of hydrogen-bond acceptors (Lipinski definition) is 5. The molecule has 0 unspecified atom stereocenters. The van der Waals surface area contributed by atoms with E-state index in [9.17, 15) is 14.4 Å². The van der Waals surface area contributed by atoms with Crippen LogP contribution in [0.25, 0.3) is 10.8 Å². The van der Waals surface area contributed by atoms with Gasteiger partial charge >= 0.3 is 5.91 Å². The molecule has 0 radical (unpaired) electrons. The van der Waals surface area contributed by atoms with Crippen molar-refractivity contribution >= 4 is 40.4 Å². The Hall–Kier alpha value is -5.30. The standard InChI is InChI=1S/C34H23N3O4/c38-31(27-17-8-18-41-27)36-35-19-34-24-14-5-3-12-22(24)28(23-13-4-6-15-25(23)34)29-30(34)33(40)37(32(29)39)26-16-7-10-20-9-1-2-11-21(20)26/h1-19,28-30H,(H,36,38)/b35-19-/t28?,29-,30-,34?/m0/s1. The average molecular weight is 538 g/mol. The van der Waals surface area contributed by atoms with E-state index in [0.29, 0.717) is 5.69 Å². The van der Waals surface area contributed by atoms with Gasteiger partial charge in [-0.1, -0.05) is 84.9 Å². The first-order valence-corrected chi connectivity index (χ1v) is 13.5. The molecule has 9 rings (SSSR count). The maximum atomic E-state index is 14.6. The topological polar surface area (TPSA) is 92.0 Å². The number of fused-ring (bicyclic) bond motifs is 1. The molecule has 0 saturated carbocycles. The van der Waals surface area contributed by atoms with Crippen LogP contribution in [0.15, 0.2) is 119 Å². The summed E-state index contributed by atoms with van der Waals surface area (Å²) >= 11 is 0. The number of nitrogens with one attached hydrogen (secondary N) is 1. The molecule has 4 aromatic carbocycles. The van der Waals surface area contributed by atoms with E-state index < -0.39 is 23.2 Å². The third kappa shape index (κ3) is 3.08. The Morgan fingerprint density at radius 2 is 1.49 bits per heavy atom. The van der Waals surface area contributed by atoms with Crippen molar-refractivity contribution in [2.45, 2.75) is 11.3 Å². The molecule has 1 fully saturated rings. The molecule has 2 heterocycles. The number of hydrazone groups is 1. The number of anilines is 1. The SMILES string of the molecule is O=C(N/N=C\C12c3ccccc3C(c3ccccc31)[C@@H]1C(=O)N(c3cccc4ccccc34)C(=O)[C@H]12)c1ccco1. The summed E-state index contributed by atoms with van der Waals surface area (Å²) in [5.74, 6) is -2.52. The average Bonchev–Trinajstić information content (AvgIpc) is 3.65. The lowest BCUT2D eigenvalue weighted by atomic mass is 9.47. The first kappa shape index (κ1) is 23.6. The molecule has 1 N–H and O–H groups in total. The Morgan fingerprint density at radius 1 is 0.805 bits per heavy atom. The molecule has 7 heteroatoms. The third-order valence-corrected chi connectivity index (χ3v) is 8.87. The summed E-state index contributed by atoms with van der Waals surface area (Å²) in [4.78, 5) is 43.2. The van der Waals surface area contributed by atoms with Crippen molar-refractivity contribution in [2.24, 2.45) is 16.9 Å². The first-order chi connectivity index (χ1) is 20.1. The van der Waals surface area contributed by atoms with Crippen molar-refractivity contribution < 1.29 is 18.8 Å². The lowest BCUT2D eigenvalue weighted by Crippen LogP contribution is -2.54. The van der Waals surface area contributed by atoms with Gasteiger partial charge in [-0.25, -0.2) is 10.3 Å². The minimum absolute atomic E-state index is 0.125. The van der Waals surface area contributed by atoms with E-state index in [1.54, 1.807) is 18.3 Å². The number of imide groups is 1. The van der Waals surface area contributed by atoms with Crippen molar-refractivity contribution in [3.8, 4) is 0 Å². The van der Waals surface area contributed by atoms with E-state index in [2.05, 4.69) is 10.5 Å². The van der Waals surface area contributed by atoms with Crippen molar-refractivity contribution in [3.63, 3.8) is 0 Å². The molecular weight excluding hydrogens is 514 g/mol. The fourth-order valence-electron chi connectivity index (χ4n) is 7.35. The van der Waals surface area contributed by atoms with Crippen molar-refractivity contribution in [1.29, 1.82) is 0 Å². The second-order valence-electron chi connectivity index (χ2n) is 10.7. The van der Waals surface area contributed by atoms with E-state index in [4.69, 9.17) is 4.42 Å². The first-order valence-electron chi connectivity index (χ1n) is 13.5. The van der Waals surface area contributed by atoms with Crippen molar-refractivity contribution in [1.82, 2.24) is 5.43 Å². The Bertz CT molecular complexity index is 1870. The van der Waals surface area contributed by atoms with E-state index in [1.807, 2.05) is 91.0 Å². The largest absolute Gasteiger partial charge is 0.459 e. The summed E-state index contributed by atoms with van der Waals surface area (Å²) in [5.41, 5.74) is 5.91. The molecule has 2 bridgehead atoms. The van der Waals surface area contributed by atoms with Gasteiger partial charge in [-0.3, -0.25) is 14.4 Å². The molecule has 4 aliphatic rings. The molecule has 3 amide bonds. The smallest absolute Gasteiger partial charge is 0.307 e. The fourth-order valence-corrected chi connectivity index (χ4v) is 7.35. The Kier molecular flexibility index (Phi) is 4.94. The highest BCUT2D eigenvalue weighted by Crippen LogP contribution is 2.63. The minimum Gasteiger partial charge on any atom is -0.459 e. The predicted octanol–water partition coefficient (Wildman–Crippen LogP) is 5.40. The Balaban J connectivity index is 1.34. The van der Waals surface area contributed by atoms with Gasteiger partial charge < -0.3 is 4.42 Å². The maximum Gasteiger partial charge on any atom is 0.307 e. The second-order valence-corrected chi connectivity index (χ2v) is 10.7. The molecule has 41 heavy (non-hydrogen) atoms. The summed E-state index contributed by atoms with van der Waals surface area (Å²) in [6.07, 6.45) is 3.07. The van der Waals surface area contributed by atoms with Crippen LogP contribution in [-0.2, 0) is 15.0 Å². The van der Waals surface area contributed by atoms with Gasteiger partial charge in [-0.2, -0.15) is 5.10 Å². The summed E-state index contributed by atoms with van der Waals surface area (Å²) < 4.78 is 5.22. The summed E-state index contributed by atoms with van der Waals surface area (Å²) in [6, 6.07) is 32.5. The van der Waals surface area contributed by atoms with Gasteiger partial charge in [0.1, 0.15) is 0 Å². The summed E-state index contributed by atoms with van der Waals surface area (Å²) in [5, 5.41) is 6.21. The molecule has 1 saturated heterocycles. The fraction of sp³-hybridized carbons (Fsp3) is 0.118. The third-order valence-electron chi connectivity index (χ3n) is 8.87. The monoisotopic (exact) mass is 537 g/mol. The van der Waals surface area contributed by atoms with Crippen LogP contribution in [0.3, 0.4) is 0 Å². The van der Waals surface area contributed by atoms with Gasteiger partial charge in [0, 0.05) is 17.5 Å². The van der Waals surface area contributed by atoms with Gasteiger partial charge in [0.15, 0.2) is 5.76 Å². The lowest BCUT2D eigenvalue weighted by molar-refractivity contribution is -0.122. The van der Waals surface area contributed by atoms with Gasteiger partial charge in [0.25, 0.3) is 0 Å². The quantitative estimate of drug-likeness (QED) is 0.189. The molecule has 1 aromatic heterocycles. The van der Waals surface area contributed by atoms with Gasteiger partial charge in [-0.15, -0.1) is 0 Å². The Labute approximate surface area is 235 Å². The highest BCUT2D eigenvalue weighted by Gasteiger charge is 2.68. The number of nitrogens with zero attached hydrogens (tertiary/aromatic N) is 2. The molecule has 198 valence electrons. The number of benzene rings is 4. The number of carbonyl (C=O) groups excluding carboxylic acids is 3. The number of hydrogen-bond donors (Lipinski definition) is 1. The van der Waals surface area contributed by atoms with E-state index in [0.717, 1.165) is 33.0 Å². The van der Waals surface area contributed by atoms with Gasteiger partial charge in [0.05, 0.1) is 29.2 Å². The molecule has 0 spiro atoms. The van der Waals surface area contributed by atoms with E-state index in [1.165, 1.54) is 11.2 Å². The zero-order valence-corrected chi connectivity index (χ0v) is 21.7. The molecular formula is C34H23N3O4. The molecule has 2 atom stereocenters. The number of carbonyl (C=O) groups is 3. The molecule has 5 aromatic rings. The minimum atomic E-state index is -1.07. The summed E-state index contributed by atoms with van der Waals surface area (Å²) in [6.45, 7) is 0. The summed E-state index contributed by atoms with van der Waals surface area (Å²) in [7, 11) is 0.